The Labute approximate surface area is 166 Å². The van der Waals surface area contributed by atoms with Gasteiger partial charge in [0.15, 0.2) is 0 Å². The highest BCUT2D eigenvalue weighted by atomic mass is 16.5. The molecule has 0 bridgehead atoms. The van der Waals surface area contributed by atoms with Gasteiger partial charge < -0.3 is 15.8 Å². The van der Waals surface area contributed by atoms with Gasteiger partial charge >= 0.3 is 0 Å². The molecule has 28 heavy (non-hydrogen) atoms. The molecule has 6 nitrogen and oxygen atoms in total. The van der Waals surface area contributed by atoms with Crippen molar-refractivity contribution in [2.45, 2.75) is 57.9 Å². The van der Waals surface area contributed by atoms with Crippen molar-refractivity contribution < 1.29 is 9.53 Å². The number of amides is 1. The van der Waals surface area contributed by atoms with E-state index in [4.69, 9.17) is 10.5 Å². The Morgan fingerprint density at radius 1 is 1.25 bits per heavy atom. The van der Waals surface area contributed by atoms with Crippen LogP contribution in [0.15, 0.2) is 30.6 Å². The lowest BCUT2D eigenvalue weighted by Gasteiger charge is -2.34. The van der Waals surface area contributed by atoms with E-state index in [0.29, 0.717) is 23.2 Å². The Balaban J connectivity index is 1.61. The van der Waals surface area contributed by atoms with Crippen LogP contribution in [0.2, 0.25) is 0 Å². The van der Waals surface area contributed by atoms with Crippen molar-refractivity contribution in [1.29, 1.82) is 0 Å². The van der Waals surface area contributed by atoms with Crippen molar-refractivity contribution >= 4 is 11.7 Å². The van der Waals surface area contributed by atoms with Crippen LogP contribution >= 0.6 is 0 Å². The summed E-state index contributed by atoms with van der Waals surface area (Å²) < 4.78 is 5.37. The summed E-state index contributed by atoms with van der Waals surface area (Å²) in [4.78, 5) is 20.9. The average Bonchev–Trinajstić information content (AvgIpc) is 2.73. The molecule has 2 aromatic heterocycles. The zero-order chi connectivity index (χ0) is 20.1. The minimum Gasteiger partial charge on any atom is -0.481 e. The highest BCUT2D eigenvalue weighted by molar-refractivity contribution is 5.94. The highest BCUT2D eigenvalue weighted by Gasteiger charge is 2.29. The van der Waals surface area contributed by atoms with E-state index in [1.54, 1.807) is 19.2 Å². The van der Waals surface area contributed by atoms with Gasteiger partial charge in [-0.2, -0.15) is 0 Å². The predicted molar refractivity (Wildman–Crippen MR) is 110 cm³/mol. The molecule has 0 aliphatic heterocycles. The second kappa shape index (κ2) is 9.04. The summed E-state index contributed by atoms with van der Waals surface area (Å²) in [7, 11) is 1.67. The molecule has 2 heterocycles. The van der Waals surface area contributed by atoms with Gasteiger partial charge in [-0.05, 0) is 74.6 Å². The molecular weight excluding hydrogens is 352 g/mol. The van der Waals surface area contributed by atoms with E-state index in [1.165, 1.54) is 11.8 Å². The number of carbonyl (C=O) groups is 1. The molecule has 0 unspecified atom stereocenters. The number of methoxy groups -OCH3 is 1. The standard InChI is InChI=1S/C22H30N4O2/c1-4-19(26-21(27)17-9-10-20(23)25-13-17)16-7-5-15(6-8-16)18-11-12-24-22(28-3)14(18)2/h9-13,15-16,19H,4-8H2,1-3H3,(H2,23,25)(H,26,27)/t15?,16?,19-/m0/s1. The first kappa shape index (κ1) is 20.1. The van der Waals surface area contributed by atoms with Gasteiger partial charge in [-0.3, -0.25) is 4.79 Å². The van der Waals surface area contributed by atoms with Crippen LogP contribution in [0.4, 0.5) is 5.82 Å². The van der Waals surface area contributed by atoms with Gasteiger partial charge in [0.05, 0.1) is 12.7 Å². The van der Waals surface area contributed by atoms with Crippen molar-refractivity contribution in [3.05, 3.63) is 47.3 Å². The number of aromatic nitrogens is 2. The van der Waals surface area contributed by atoms with Gasteiger partial charge in [0.2, 0.25) is 5.88 Å². The largest absolute Gasteiger partial charge is 0.481 e. The molecule has 1 aliphatic rings. The molecule has 1 saturated carbocycles. The molecule has 150 valence electrons. The lowest BCUT2D eigenvalue weighted by Crippen LogP contribution is -2.41. The molecule has 1 aliphatic carbocycles. The van der Waals surface area contributed by atoms with E-state index >= 15 is 0 Å². The van der Waals surface area contributed by atoms with E-state index in [2.05, 4.69) is 35.2 Å². The summed E-state index contributed by atoms with van der Waals surface area (Å²) >= 11 is 0. The number of anilines is 1. The molecule has 3 rings (SSSR count). The smallest absolute Gasteiger partial charge is 0.253 e. The zero-order valence-electron chi connectivity index (χ0n) is 16.9. The van der Waals surface area contributed by atoms with Crippen LogP contribution in [0.5, 0.6) is 5.88 Å². The first-order valence-corrected chi connectivity index (χ1v) is 10.0. The van der Waals surface area contributed by atoms with E-state index in [-0.39, 0.29) is 11.9 Å². The number of nitrogen functional groups attached to an aromatic ring is 1. The molecular formula is C22H30N4O2. The van der Waals surface area contributed by atoms with E-state index < -0.39 is 0 Å². The molecule has 3 N–H and O–H groups in total. The summed E-state index contributed by atoms with van der Waals surface area (Å²) in [5.41, 5.74) is 8.65. The summed E-state index contributed by atoms with van der Waals surface area (Å²) in [6.45, 7) is 4.22. The van der Waals surface area contributed by atoms with Gasteiger partial charge in [0.1, 0.15) is 5.82 Å². The Hall–Kier alpha value is -2.63. The van der Waals surface area contributed by atoms with E-state index in [0.717, 1.165) is 43.5 Å². The lowest BCUT2D eigenvalue weighted by molar-refractivity contribution is 0.0909. The van der Waals surface area contributed by atoms with Gasteiger partial charge in [-0.25, -0.2) is 9.97 Å². The Kier molecular flexibility index (Phi) is 6.49. The normalized spacial score (nSPS) is 20.4. The number of nitrogens with one attached hydrogen (secondary N) is 1. The molecule has 1 atom stereocenters. The third-order valence-corrected chi connectivity index (χ3v) is 5.98. The van der Waals surface area contributed by atoms with Crippen molar-refractivity contribution in [2.75, 3.05) is 12.8 Å². The van der Waals surface area contributed by atoms with E-state index in [9.17, 15) is 4.79 Å². The molecule has 1 fully saturated rings. The fourth-order valence-electron chi connectivity index (χ4n) is 4.36. The van der Waals surface area contributed by atoms with Crippen LogP contribution in [-0.2, 0) is 0 Å². The highest BCUT2D eigenvalue weighted by Crippen LogP contribution is 2.39. The maximum atomic E-state index is 12.6. The maximum Gasteiger partial charge on any atom is 0.253 e. The van der Waals surface area contributed by atoms with Crippen LogP contribution < -0.4 is 15.8 Å². The molecule has 1 amide bonds. The van der Waals surface area contributed by atoms with Crippen LogP contribution in [0.3, 0.4) is 0 Å². The molecule has 0 radical (unpaired) electrons. The fourth-order valence-corrected chi connectivity index (χ4v) is 4.36. The van der Waals surface area contributed by atoms with Crippen LogP contribution in [0.25, 0.3) is 0 Å². The van der Waals surface area contributed by atoms with Crippen molar-refractivity contribution in [2.24, 2.45) is 5.92 Å². The summed E-state index contributed by atoms with van der Waals surface area (Å²) in [6.07, 6.45) is 8.74. The number of nitrogens with two attached hydrogens (primary N) is 1. The van der Waals surface area contributed by atoms with Gasteiger partial charge in [-0.1, -0.05) is 6.92 Å². The quantitative estimate of drug-likeness (QED) is 0.792. The number of ether oxygens (including phenoxy) is 1. The Bertz CT molecular complexity index is 799. The SMILES string of the molecule is CC[C@H](NC(=O)c1ccc(N)nc1)C1CCC(c2ccnc(OC)c2C)CC1. The number of rotatable bonds is 6. The molecule has 0 spiro atoms. The number of hydrogen-bond acceptors (Lipinski definition) is 5. The Morgan fingerprint density at radius 3 is 2.61 bits per heavy atom. The second-order valence-corrected chi connectivity index (χ2v) is 7.61. The molecule has 2 aromatic rings. The van der Waals surface area contributed by atoms with Crippen LogP contribution in [-0.4, -0.2) is 29.0 Å². The van der Waals surface area contributed by atoms with Crippen LogP contribution in [0.1, 0.15) is 66.4 Å². The monoisotopic (exact) mass is 382 g/mol. The topological polar surface area (TPSA) is 90.1 Å². The minimum absolute atomic E-state index is 0.0730. The number of pyridine rings is 2. The number of nitrogens with zero attached hydrogens (tertiary/aromatic N) is 2. The van der Waals surface area contributed by atoms with Crippen molar-refractivity contribution in [1.82, 2.24) is 15.3 Å². The lowest BCUT2D eigenvalue weighted by atomic mass is 9.75. The Morgan fingerprint density at radius 2 is 2.00 bits per heavy atom. The first-order chi connectivity index (χ1) is 13.5. The fraction of sp³-hybridized carbons (Fsp3) is 0.500. The summed E-state index contributed by atoms with van der Waals surface area (Å²) in [5, 5.41) is 3.21. The van der Waals surface area contributed by atoms with Gasteiger partial charge in [-0.15, -0.1) is 0 Å². The van der Waals surface area contributed by atoms with E-state index in [1.807, 2.05) is 6.20 Å². The van der Waals surface area contributed by atoms with Crippen molar-refractivity contribution in [3.63, 3.8) is 0 Å². The number of carbonyl (C=O) groups excluding carboxylic acids is 1. The zero-order valence-corrected chi connectivity index (χ0v) is 16.9. The van der Waals surface area contributed by atoms with Gasteiger partial charge in [0.25, 0.3) is 5.91 Å². The molecule has 6 heteroatoms. The van der Waals surface area contributed by atoms with Crippen LogP contribution in [0, 0.1) is 12.8 Å². The molecule has 0 aromatic carbocycles. The summed E-state index contributed by atoms with van der Waals surface area (Å²) in [5.74, 6) is 2.09. The minimum atomic E-state index is -0.0730. The third-order valence-electron chi connectivity index (χ3n) is 5.98. The third kappa shape index (κ3) is 4.43. The first-order valence-electron chi connectivity index (χ1n) is 10.0. The maximum absolute atomic E-state index is 12.6. The summed E-state index contributed by atoms with van der Waals surface area (Å²) in [6, 6.07) is 5.68. The number of hydrogen-bond donors (Lipinski definition) is 2. The second-order valence-electron chi connectivity index (χ2n) is 7.61. The average molecular weight is 383 g/mol. The van der Waals surface area contributed by atoms with Gasteiger partial charge in [0, 0.05) is 24.0 Å². The molecule has 0 saturated heterocycles. The predicted octanol–water partition coefficient (Wildman–Crippen LogP) is 3.86. The van der Waals surface area contributed by atoms with Crippen molar-refractivity contribution in [3.8, 4) is 5.88 Å².